The molecule has 0 aliphatic carbocycles. The zero-order chi connectivity index (χ0) is 18.1. The molecule has 0 radical (unpaired) electrons. The van der Waals surface area contributed by atoms with Crippen molar-refractivity contribution < 1.29 is 23.9 Å². The third-order valence-electron chi connectivity index (χ3n) is 2.76. The summed E-state index contributed by atoms with van der Waals surface area (Å²) in [5, 5.41) is 6.56. The van der Waals surface area contributed by atoms with Crippen LogP contribution in [0.15, 0.2) is 36.0 Å². The summed E-state index contributed by atoms with van der Waals surface area (Å²) in [5.41, 5.74) is 0.550. The Morgan fingerprint density at radius 2 is 1.71 bits per heavy atom. The minimum atomic E-state index is -1.22. The first-order valence-electron chi connectivity index (χ1n) is 7.11. The summed E-state index contributed by atoms with van der Waals surface area (Å²) < 4.78 is 4.98. The van der Waals surface area contributed by atoms with Crippen LogP contribution in [0, 0.1) is 0 Å². The first-order chi connectivity index (χ1) is 11.3. The number of nitrogens with one attached hydrogen (secondary N) is 3. The highest BCUT2D eigenvalue weighted by Crippen LogP contribution is 2.07. The van der Waals surface area contributed by atoms with Gasteiger partial charge in [0.1, 0.15) is 5.70 Å². The molecule has 0 aromatic heterocycles. The summed E-state index contributed by atoms with van der Waals surface area (Å²) in [6.07, 6.45) is 0.204. The van der Waals surface area contributed by atoms with Crippen LogP contribution < -0.4 is 16.0 Å². The second kappa shape index (κ2) is 9.09. The summed E-state index contributed by atoms with van der Waals surface area (Å²) in [4.78, 5) is 46.2. The van der Waals surface area contributed by atoms with Gasteiger partial charge in [0.05, 0.1) is 0 Å². The molecule has 8 heteroatoms. The van der Waals surface area contributed by atoms with Crippen molar-refractivity contribution in [1.82, 2.24) is 16.0 Å². The lowest BCUT2D eigenvalue weighted by molar-refractivity contribution is -0.151. The largest absolute Gasteiger partial charge is 0.448 e. The van der Waals surface area contributed by atoms with Gasteiger partial charge in [-0.15, -0.1) is 0 Å². The van der Waals surface area contributed by atoms with E-state index in [4.69, 9.17) is 4.74 Å². The summed E-state index contributed by atoms with van der Waals surface area (Å²) >= 11 is 0. The molecule has 24 heavy (non-hydrogen) atoms. The first-order valence-corrected chi connectivity index (χ1v) is 7.11. The predicted octanol–water partition coefficient (Wildman–Crippen LogP) is 0.551. The number of benzene rings is 1. The molecule has 0 spiro atoms. The molecule has 0 saturated carbocycles. The Bertz CT molecular complexity index is 655. The average Bonchev–Trinajstić information content (AvgIpc) is 2.54. The number of imide groups is 1. The van der Waals surface area contributed by atoms with Gasteiger partial charge in [0.15, 0.2) is 6.10 Å². The van der Waals surface area contributed by atoms with Gasteiger partial charge in [-0.05, 0) is 18.6 Å². The van der Waals surface area contributed by atoms with E-state index in [1.807, 2.05) is 5.32 Å². The van der Waals surface area contributed by atoms with Crippen LogP contribution in [0.1, 0.15) is 19.4 Å². The molecule has 1 aromatic rings. The monoisotopic (exact) mass is 333 g/mol. The molecule has 0 unspecified atom stereocenters. The van der Waals surface area contributed by atoms with Gasteiger partial charge in [0.2, 0.25) is 5.91 Å². The molecule has 128 valence electrons. The van der Waals surface area contributed by atoms with Gasteiger partial charge in [0.25, 0.3) is 5.91 Å². The lowest BCUT2D eigenvalue weighted by Gasteiger charge is -2.14. The number of carbonyl (C=O) groups excluding carboxylic acids is 4. The van der Waals surface area contributed by atoms with Gasteiger partial charge >= 0.3 is 12.0 Å². The van der Waals surface area contributed by atoms with Crippen LogP contribution in [0.4, 0.5) is 4.79 Å². The van der Waals surface area contributed by atoms with E-state index in [1.165, 1.54) is 27.0 Å². The highest BCUT2D eigenvalue weighted by molar-refractivity contribution is 6.00. The van der Waals surface area contributed by atoms with Gasteiger partial charge in [-0.1, -0.05) is 30.3 Å². The second-order valence-corrected chi connectivity index (χ2v) is 4.77. The summed E-state index contributed by atoms with van der Waals surface area (Å²) in [5.74, 6) is -2.14. The van der Waals surface area contributed by atoms with Crippen molar-refractivity contribution in [1.29, 1.82) is 0 Å². The van der Waals surface area contributed by atoms with E-state index >= 15 is 0 Å². The Labute approximate surface area is 139 Å². The van der Waals surface area contributed by atoms with Crippen LogP contribution in [0.2, 0.25) is 0 Å². The maximum atomic E-state index is 12.2. The molecule has 0 heterocycles. The van der Waals surface area contributed by atoms with Gasteiger partial charge in [-0.2, -0.15) is 0 Å². The molecule has 8 nitrogen and oxygen atoms in total. The number of hydrogen-bond donors (Lipinski definition) is 3. The number of hydrogen-bond acceptors (Lipinski definition) is 5. The van der Waals surface area contributed by atoms with E-state index in [-0.39, 0.29) is 5.70 Å². The molecular formula is C16H19N3O5. The molecule has 4 amide bonds. The number of esters is 1. The maximum absolute atomic E-state index is 12.2. The van der Waals surface area contributed by atoms with Crippen LogP contribution in [0.25, 0.3) is 6.08 Å². The Balaban J connectivity index is 2.85. The van der Waals surface area contributed by atoms with Crippen molar-refractivity contribution in [2.75, 3.05) is 7.05 Å². The normalized spacial score (nSPS) is 11.9. The summed E-state index contributed by atoms with van der Waals surface area (Å²) in [6, 6.07) is 8.08. The molecule has 0 aliphatic rings. The minimum Gasteiger partial charge on any atom is -0.448 e. The van der Waals surface area contributed by atoms with Crippen molar-refractivity contribution in [3.05, 3.63) is 41.6 Å². The fourth-order valence-corrected chi connectivity index (χ4v) is 1.61. The van der Waals surface area contributed by atoms with Gasteiger partial charge in [-0.25, -0.2) is 9.59 Å². The maximum Gasteiger partial charge on any atom is 0.355 e. The zero-order valence-corrected chi connectivity index (χ0v) is 13.6. The van der Waals surface area contributed by atoms with Crippen molar-refractivity contribution in [2.45, 2.75) is 20.0 Å². The van der Waals surface area contributed by atoms with Gasteiger partial charge < -0.3 is 15.4 Å². The van der Waals surface area contributed by atoms with Crippen LogP contribution >= 0.6 is 0 Å². The van der Waals surface area contributed by atoms with Crippen LogP contribution in [-0.4, -0.2) is 37.0 Å². The molecular weight excluding hydrogens is 314 g/mol. The molecule has 0 aliphatic heterocycles. The fraction of sp³-hybridized carbons (Fsp3) is 0.250. The number of ether oxygens (including phenoxy) is 1. The lowest BCUT2D eigenvalue weighted by atomic mass is 10.2. The topological polar surface area (TPSA) is 114 Å². The average molecular weight is 333 g/mol. The molecule has 1 rings (SSSR count). The lowest BCUT2D eigenvalue weighted by Crippen LogP contribution is -2.44. The standard InChI is InChI=1S/C16H19N3O5/c1-10(14(21)19-16(23)17-3)24-15(22)13(18-11(2)20)9-12-7-5-4-6-8-12/h4-10H,1-3H3,(H,18,20)(H2,17,19,21,23)/b13-9-/t10-/m1/s1. The fourth-order valence-electron chi connectivity index (χ4n) is 1.61. The number of rotatable bonds is 5. The predicted molar refractivity (Wildman–Crippen MR) is 86.4 cm³/mol. The van der Waals surface area contributed by atoms with E-state index in [1.54, 1.807) is 30.3 Å². The van der Waals surface area contributed by atoms with Crippen LogP contribution in [0.5, 0.6) is 0 Å². The highest BCUT2D eigenvalue weighted by atomic mass is 16.5. The molecule has 1 atom stereocenters. The van der Waals surface area contributed by atoms with Crippen molar-refractivity contribution in [2.24, 2.45) is 0 Å². The molecule has 0 fully saturated rings. The van der Waals surface area contributed by atoms with Crippen molar-refractivity contribution >= 4 is 29.9 Å². The SMILES string of the molecule is CNC(=O)NC(=O)[C@@H](C)OC(=O)/C(=C/c1ccccc1)NC(C)=O. The van der Waals surface area contributed by atoms with Gasteiger partial charge in [-0.3, -0.25) is 14.9 Å². The number of amides is 4. The second-order valence-electron chi connectivity index (χ2n) is 4.77. The third kappa shape index (κ3) is 6.30. The van der Waals surface area contributed by atoms with Gasteiger partial charge in [0, 0.05) is 14.0 Å². The summed E-state index contributed by atoms with van der Waals surface area (Å²) in [7, 11) is 1.34. The first kappa shape index (κ1) is 18.9. The van der Waals surface area contributed by atoms with E-state index in [2.05, 4.69) is 10.6 Å². The van der Waals surface area contributed by atoms with E-state index < -0.39 is 29.9 Å². The molecule has 3 N–H and O–H groups in total. The Kier molecular flexibility index (Phi) is 7.15. The van der Waals surface area contributed by atoms with E-state index in [9.17, 15) is 19.2 Å². The van der Waals surface area contributed by atoms with Crippen LogP contribution in [0.3, 0.4) is 0 Å². The van der Waals surface area contributed by atoms with E-state index in [0.29, 0.717) is 5.56 Å². The Morgan fingerprint density at radius 1 is 1.08 bits per heavy atom. The third-order valence-corrected chi connectivity index (χ3v) is 2.76. The number of urea groups is 1. The zero-order valence-electron chi connectivity index (χ0n) is 13.6. The van der Waals surface area contributed by atoms with E-state index in [0.717, 1.165) is 0 Å². The molecule has 1 aromatic carbocycles. The quantitative estimate of drug-likeness (QED) is 0.538. The Morgan fingerprint density at radius 3 is 2.25 bits per heavy atom. The highest BCUT2D eigenvalue weighted by Gasteiger charge is 2.22. The Hall–Kier alpha value is -3.16. The van der Waals surface area contributed by atoms with Crippen molar-refractivity contribution in [3.63, 3.8) is 0 Å². The minimum absolute atomic E-state index is 0.117. The summed E-state index contributed by atoms with van der Waals surface area (Å²) in [6.45, 7) is 2.55. The number of carbonyl (C=O) groups is 4. The van der Waals surface area contributed by atoms with Crippen molar-refractivity contribution in [3.8, 4) is 0 Å². The molecule has 0 saturated heterocycles. The molecule has 0 bridgehead atoms. The smallest absolute Gasteiger partial charge is 0.355 e. The van der Waals surface area contributed by atoms with Crippen LogP contribution in [-0.2, 0) is 19.1 Å².